The molecule has 0 saturated heterocycles. The standard InChI is InChI=1S/C11H15N5/c1-3-13-11(9-5-4-6-12-7-9)10-8-14-15-16(10)2/h4-8,11,13H,3H2,1-2H3. The van der Waals surface area contributed by atoms with Gasteiger partial charge in [0.1, 0.15) is 0 Å². The van der Waals surface area contributed by atoms with Gasteiger partial charge in [-0.2, -0.15) is 0 Å². The van der Waals surface area contributed by atoms with Crippen LogP contribution in [-0.4, -0.2) is 26.5 Å². The third kappa shape index (κ3) is 2.09. The number of nitrogens with zero attached hydrogens (tertiary/aromatic N) is 4. The van der Waals surface area contributed by atoms with Crippen LogP contribution in [0.2, 0.25) is 0 Å². The minimum absolute atomic E-state index is 0.0960. The molecule has 0 aromatic carbocycles. The van der Waals surface area contributed by atoms with Crippen LogP contribution in [0.1, 0.15) is 24.2 Å². The average Bonchev–Trinajstić information content (AvgIpc) is 2.73. The summed E-state index contributed by atoms with van der Waals surface area (Å²) in [5, 5.41) is 11.3. The molecule has 2 aromatic rings. The first-order valence-electron chi connectivity index (χ1n) is 5.30. The lowest BCUT2D eigenvalue weighted by Gasteiger charge is -2.17. The maximum atomic E-state index is 4.14. The predicted molar refractivity (Wildman–Crippen MR) is 60.8 cm³/mol. The van der Waals surface area contributed by atoms with Gasteiger partial charge in [0.05, 0.1) is 17.9 Å². The summed E-state index contributed by atoms with van der Waals surface area (Å²) in [4.78, 5) is 4.14. The lowest BCUT2D eigenvalue weighted by Crippen LogP contribution is -2.24. The van der Waals surface area contributed by atoms with Crippen LogP contribution in [0, 0.1) is 0 Å². The van der Waals surface area contributed by atoms with Crippen LogP contribution in [-0.2, 0) is 7.05 Å². The van der Waals surface area contributed by atoms with Crippen molar-refractivity contribution >= 4 is 0 Å². The highest BCUT2D eigenvalue weighted by Gasteiger charge is 2.16. The van der Waals surface area contributed by atoms with Crippen LogP contribution in [0.3, 0.4) is 0 Å². The highest BCUT2D eigenvalue weighted by atomic mass is 15.4. The third-order valence-electron chi connectivity index (χ3n) is 2.47. The van der Waals surface area contributed by atoms with Gasteiger partial charge in [-0.25, -0.2) is 0 Å². The number of pyridine rings is 1. The molecule has 2 rings (SSSR count). The van der Waals surface area contributed by atoms with Crippen LogP contribution >= 0.6 is 0 Å². The summed E-state index contributed by atoms with van der Waals surface area (Å²) in [6, 6.07) is 4.08. The molecular formula is C11H15N5. The molecule has 0 bridgehead atoms. The molecule has 2 aromatic heterocycles. The molecule has 0 radical (unpaired) electrons. The lowest BCUT2D eigenvalue weighted by atomic mass is 10.1. The Kier molecular flexibility index (Phi) is 3.26. The van der Waals surface area contributed by atoms with E-state index in [4.69, 9.17) is 0 Å². The molecule has 2 heterocycles. The van der Waals surface area contributed by atoms with Crippen LogP contribution in [0.5, 0.6) is 0 Å². The molecule has 5 heteroatoms. The summed E-state index contributed by atoms with van der Waals surface area (Å²) in [6.45, 7) is 2.96. The Balaban J connectivity index is 2.35. The summed E-state index contributed by atoms with van der Waals surface area (Å²) in [7, 11) is 1.89. The molecule has 0 saturated carbocycles. The quantitative estimate of drug-likeness (QED) is 0.827. The van der Waals surface area contributed by atoms with Gasteiger partial charge in [0, 0.05) is 19.4 Å². The Morgan fingerprint density at radius 1 is 1.44 bits per heavy atom. The van der Waals surface area contributed by atoms with E-state index in [9.17, 15) is 0 Å². The molecule has 84 valence electrons. The highest BCUT2D eigenvalue weighted by molar-refractivity contribution is 5.23. The Bertz CT molecular complexity index is 437. The van der Waals surface area contributed by atoms with Crippen LogP contribution in [0.15, 0.2) is 30.7 Å². The molecule has 5 nitrogen and oxygen atoms in total. The Hall–Kier alpha value is -1.75. The van der Waals surface area contributed by atoms with Crippen molar-refractivity contribution in [1.82, 2.24) is 25.3 Å². The van der Waals surface area contributed by atoms with E-state index in [1.807, 2.05) is 25.4 Å². The summed E-state index contributed by atoms with van der Waals surface area (Å²) in [6.07, 6.45) is 5.41. The Morgan fingerprint density at radius 3 is 2.88 bits per heavy atom. The predicted octanol–water partition coefficient (Wildman–Crippen LogP) is 0.909. The number of hydrogen-bond donors (Lipinski definition) is 1. The SMILES string of the molecule is CCNC(c1cccnc1)c1cnnn1C. The zero-order valence-corrected chi connectivity index (χ0v) is 9.46. The van der Waals surface area contributed by atoms with Gasteiger partial charge in [-0.1, -0.05) is 18.2 Å². The summed E-state index contributed by atoms with van der Waals surface area (Å²) < 4.78 is 1.78. The average molecular weight is 217 g/mol. The normalized spacial score (nSPS) is 12.6. The van der Waals surface area contributed by atoms with Gasteiger partial charge in [-0.15, -0.1) is 5.10 Å². The fourth-order valence-corrected chi connectivity index (χ4v) is 1.70. The molecule has 1 N–H and O–H groups in total. The van der Waals surface area contributed by atoms with Gasteiger partial charge in [0.15, 0.2) is 0 Å². The molecule has 1 unspecified atom stereocenters. The van der Waals surface area contributed by atoms with Crippen LogP contribution < -0.4 is 5.32 Å². The first kappa shape index (κ1) is 10.8. The Labute approximate surface area is 94.5 Å². The zero-order chi connectivity index (χ0) is 11.4. The second kappa shape index (κ2) is 4.85. The van der Waals surface area contributed by atoms with Crippen molar-refractivity contribution in [1.29, 1.82) is 0 Å². The fourth-order valence-electron chi connectivity index (χ4n) is 1.70. The highest BCUT2D eigenvalue weighted by Crippen LogP contribution is 2.19. The van der Waals surface area contributed by atoms with Gasteiger partial charge in [0.2, 0.25) is 0 Å². The lowest BCUT2D eigenvalue weighted by molar-refractivity contribution is 0.567. The van der Waals surface area contributed by atoms with Crippen molar-refractivity contribution in [2.75, 3.05) is 6.54 Å². The summed E-state index contributed by atoms with van der Waals surface area (Å²) >= 11 is 0. The molecule has 16 heavy (non-hydrogen) atoms. The Morgan fingerprint density at radius 2 is 2.31 bits per heavy atom. The second-order valence-electron chi connectivity index (χ2n) is 3.56. The molecule has 1 atom stereocenters. The second-order valence-corrected chi connectivity index (χ2v) is 3.56. The number of hydrogen-bond acceptors (Lipinski definition) is 4. The van der Waals surface area contributed by atoms with E-state index in [0.717, 1.165) is 17.8 Å². The number of aryl methyl sites for hydroxylation is 1. The minimum atomic E-state index is 0.0960. The van der Waals surface area contributed by atoms with E-state index < -0.39 is 0 Å². The van der Waals surface area contributed by atoms with Crippen molar-refractivity contribution in [2.45, 2.75) is 13.0 Å². The molecule has 0 fully saturated rings. The van der Waals surface area contributed by atoms with Crippen molar-refractivity contribution in [2.24, 2.45) is 7.05 Å². The van der Waals surface area contributed by atoms with E-state index in [2.05, 4.69) is 27.5 Å². The van der Waals surface area contributed by atoms with Crippen LogP contribution in [0.25, 0.3) is 0 Å². The molecular weight excluding hydrogens is 202 g/mol. The van der Waals surface area contributed by atoms with Gasteiger partial charge >= 0.3 is 0 Å². The first-order valence-corrected chi connectivity index (χ1v) is 5.30. The molecule has 0 aliphatic rings. The van der Waals surface area contributed by atoms with Crippen molar-refractivity contribution in [3.63, 3.8) is 0 Å². The smallest absolute Gasteiger partial charge is 0.0799 e. The topological polar surface area (TPSA) is 55.6 Å². The number of aromatic nitrogens is 4. The molecule has 0 amide bonds. The zero-order valence-electron chi connectivity index (χ0n) is 9.46. The third-order valence-corrected chi connectivity index (χ3v) is 2.47. The van der Waals surface area contributed by atoms with Crippen molar-refractivity contribution in [3.05, 3.63) is 42.0 Å². The molecule has 0 spiro atoms. The fraction of sp³-hybridized carbons (Fsp3) is 0.364. The number of nitrogens with one attached hydrogen (secondary N) is 1. The summed E-state index contributed by atoms with van der Waals surface area (Å²) in [5.41, 5.74) is 2.16. The van der Waals surface area contributed by atoms with Crippen LogP contribution in [0.4, 0.5) is 0 Å². The van der Waals surface area contributed by atoms with E-state index >= 15 is 0 Å². The molecule has 0 aliphatic carbocycles. The van der Waals surface area contributed by atoms with E-state index in [0.29, 0.717) is 0 Å². The van der Waals surface area contributed by atoms with Gasteiger partial charge in [-0.05, 0) is 18.2 Å². The van der Waals surface area contributed by atoms with E-state index in [1.54, 1.807) is 17.1 Å². The van der Waals surface area contributed by atoms with Crippen molar-refractivity contribution < 1.29 is 0 Å². The van der Waals surface area contributed by atoms with E-state index in [-0.39, 0.29) is 6.04 Å². The monoisotopic (exact) mass is 217 g/mol. The van der Waals surface area contributed by atoms with Gasteiger partial charge < -0.3 is 5.32 Å². The van der Waals surface area contributed by atoms with Gasteiger partial charge in [-0.3, -0.25) is 9.67 Å². The largest absolute Gasteiger partial charge is 0.305 e. The van der Waals surface area contributed by atoms with E-state index in [1.165, 1.54) is 0 Å². The maximum absolute atomic E-state index is 4.14. The first-order chi connectivity index (χ1) is 7.83. The summed E-state index contributed by atoms with van der Waals surface area (Å²) in [5.74, 6) is 0. The maximum Gasteiger partial charge on any atom is 0.0799 e. The molecule has 0 aliphatic heterocycles. The minimum Gasteiger partial charge on any atom is -0.305 e. The van der Waals surface area contributed by atoms with Crippen molar-refractivity contribution in [3.8, 4) is 0 Å². The van der Waals surface area contributed by atoms with Gasteiger partial charge in [0.25, 0.3) is 0 Å². The number of rotatable bonds is 4.